The summed E-state index contributed by atoms with van der Waals surface area (Å²) in [5.41, 5.74) is 0.741. The number of rotatable bonds is 8. The van der Waals surface area contributed by atoms with Crippen molar-refractivity contribution in [3.8, 4) is 0 Å². The molecule has 1 aliphatic carbocycles. The third kappa shape index (κ3) is 5.78. The lowest BCUT2D eigenvalue weighted by Gasteiger charge is -2.21. The topological polar surface area (TPSA) is 69.0 Å². The maximum atomic E-state index is 12.1. The average Bonchev–Trinajstić information content (AvgIpc) is 3.09. The molecule has 0 atom stereocenters. The summed E-state index contributed by atoms with van der Waals surface area (Å²) in [5.74, 6) is 0.817. The van der Waals surface area contributed by atoms with E-state index in [0.717, 1.165) is 37.2 Å². The highest BCUT2D eigenvalue weighted by atomic mass is 35.5. The van der Waals surface area contributed by atoms with Gasteiger partial charge in [0.05, 0.1) is 23.0 Å². The van der Waals surface area contributed by atoms with Gasteiger partial charge in [-0.05, 0) is 50.8 Å². The number of aromatic nitrogens is 3. The van der Waals surface area contributed by atoms with Crippen LogP contribution in [0.2, 0.25) is 10.0 Å². The minimum absolute atomic E-state index is 0.0769. The standard InChI is InChI=1S/C19H24Cl2N4O2S/c1-2-25-17(11-22-16-10-13(20)8-9-15(16)21)23-24-19(25)28-12-18(26)27-14-6-4-3-5-7-14/h8-10,14,22H,2-7,11-12H2,1H3. The molecule has 1 aliphatic rings. The Labute approximate surface area is 179 Å². The van der Waals surface area contributed by atoms with Crippen LogP contribution in [-0.2, 0) is 22.6 Å². The average molecular weight is 443 g/mol. The van der Waals surface area contributed by atoms with Gasteiger partial charge in [0.25, 0.3) is 0 Å². The lowest BCUT2D eigenvalue weighted by Crippen LogP contribution is -2.22. The number of thioether (sulfide) groups is 1. The number of anilines is 1. The van der Waals surface area contributed by atoms with E-state index in [1.54, 1.807) is 18.2 Å². The molecular weight excluding hydrogens is 419 g/mol. The van der Waals surface area contributed by atoms with Gasteiger partial charge in [0.1, 0.15) is 6.10 Å². The summed E-state index contributed by atoms with van der Waals surface area (Å²) in [6.45, 7) is 3.17. The first-order valence-corrected chi connectivity index (χ1v) is 11.2. The van der Waals surface area contributed by atoms with Crippen LogP contribution >= 0.6 is 35.0 Å². The number of nitrogens with zero attached hydrogens (tertiary/aromatic N) is 3. The third-order valence-corrected chi connectivity index (χ3v) is 6.15. The number of esters is 1. The largest absolute Gasteiger partial charge is 0.462 e. The number of ether oxygens (including phenoxy) is 1. The van der Waals surface area contributed by atoms with Crippen LogP contribution in [0, 0.1) is 0 Å². The first-order valence-electron chi connectivity index (χ1n) is 9.50. The number of carbonyl (C=O) groups is 1. The Morgan fingerprint density at radius 1 is 1.29 bits per heavy atom. The second-order valence-electron chi connectivity index (χ2n) is 6.66. The minimum Gasteiger partial charge on any atom is -0.462 e. The maximum Gasteiger partial charge on any atom is 0.316 e. The molecule has 1 saturated carbocycles. The van der Waals surface area contributed by atoms with E-state index in [1.165, 1.54) is 18.2 Å². The number of hydrogen-bond acceptors (Lipinski definition) is 6. The van der Waals surface area contributed by atoms with Gasteiger partial charge in [-0.3, -0.25) is 4.79 Å². The fraction of sp³-hybridized carbons (Fsp3) is 0.526. The van der Waals surface area contributed by atoms with Crippen LogP contribution in [0.5, 0.6) is 0 Å². The molecule has 0 aliphatic heterocycles. The fourth-order valence-electron chi connectivity index (χ4n) is 3.21. The van der Waals surface area contributed by atoms with Crippen LogP contribution < -0.4 is 5.32 Å². The molecule has 2 aromatic rings. The normalized spacial score (nSPS) is 14.8. The van der Waals surface area contributed by atoms with Crippen molar-refractivity contribution in [3.63, 3.8) is 0 Å². The molecule has 0 radical (unpaired) electrons. The lowest BCUT2D eigenvalue weighted by molar-refractivity contribution is -0.147. The Bertz CT molecular complexity index is 809. The van der Waals surface area contributed by atoms with E-state index in [4.69, 9.17) is 27.9 Å². The Hall–Kier alpha value is -1.44. The molecule has 152 valence electrons. The molecule has 1 heterocycles. The van der Waals surface area contributed by atoms with E-state index in [9.17, 15) is 4.79 Å². The van der Waals surface area contributed by atoms with Crippen molar-refractivity contribution in [1.29, 1.82) is 0 Å². The number of benzene rings is 1. The summed E-state index contributed by atoms with van der Waals surface area (Å²) in [6, 6.07) is 5.26. The van der Waals surface area contributed by atoms with Crippen LogP contribution in [0.15, 0.2) is 23.4 Å². The Kier molecular flexibility index (Phi) is 7.88. The molecule has 6 nitrogen and oxygen atoms in total. The summed E-state index contributed by atoms with van der Waals surface area (Å²) in [4.78, 5) is 12.1. The van der Waals surface area contributed by atoms with Crippen LogP contribution in [0.25, 0.3) is 0 Å². The molecule has 3 rings (SSSR count). The number of nitrogens with one attached hydrogen (secondary N) is 1. The molecule has 0 bridgehead atoms. The van der Waals surface area contributed by atoms with Gasteiger partial charge in [-0.1, -0.05) is 41.4 Å². The lowest BCUT2D eigenvalue weighted by atomic mass is 9.98. The highest BCUT2D eigenvalue weighted by Crippen LogP contribution is 2.26. The van der Waals surface area contributed by atoms with Gasteiger partial charge in [0.2, 0.25) is 0 Å². The van der Waals surface area contributed by atoms with Crippen molar-refractivity contribution in [3.05, 3.63) is 34.1 Å². The van der Waals surface area contributed by atoms with Gasteiger partial charge >= 0.3 is 5.97 Å². The Morgan fingerprint density at radius 3 is 2.82 bits per heavy atom. The smallest absolute Gasteiger partial charge is 0.316 e. The van der Waals surface area contributed by atoms with Gasteiger partial charge in [-0.25, -0.2) is 0 Å². The zero-order valence-electron chi connectivity index (χ0n) is 15.8. The highest BCUT2D eigenvalue weighted by molar-refractivity contribution is 7.99. The molecule has 0 saturated heterocycles. The summed E-state index contributed by atoms with van der Waals surface area (Å²) in [7, 11) is 0. The molecular formula is C19H24Cl2N4O2S. The summed E-state index contributed by atoms with van der Waals surface area (Å²) in [6.07, 6.45) is 5.55. The second-order valence-corrected chi connectivity index (χ2v) is 8.45. The maximum absolute atomic E-state index is 12.1. The first kappa shape index (κ1) is 21.3. The first-order chi connectivity index (χ1) is 13.6. The van der Waals surface area contributed by atoms with E-state index in [1.807, 2.05) is 11.5 Å². The van der Waals surface area contributed by atoms with Gasteiger partial charge in [0, 0.05) is 11.6 Å². The van der Waals surface area contributed by atoms with Crippen molar-refractivity contribution in [2.24, 2.45) is 0 Å². The molecule has 0 amide bonds. The Balaban J connectivity index is 1.55. The van der Waals surface area contributed by atoms with Crippen LogP contribution in [-0.4, -0.2) is 32.6 Å². The van der Waals surface area contributed by atoms with Crippen LogP contribution in [0.3, 0.4) is 0 Å². The van der Waals surface area contributed by atoms with E-state index in [0.29, 0.717) is 28.3 Å². The minimum atomic E-state index is -0.187. The third-order valence-electron chi connectivity index (χ3n) is 4.64. The summed E-state index contributed by atoms with van der Waals surface area (Å²) < 4.78 is 7.54. The van der Waals surface area contributed by atoms with Crippen molar-refractivity contribution < 1.29 is 9.53 Å². The summed E-state index contributed by atoms with van der Waals surface area (Å²) in [5, 5.41) is 13.6. The van der Waals surface area contributed by atoms with Crippen LogP contribution in [0.4, 0.5) is 5.69 Å². The van der Waals surface area contributed by atoms with Crippen molar-refractivity contribution in [1.82, 2.24) is 14.8 Å². The second kappa shape index (κ2) is 10.4. The van der Waals surface area contributed by atoms with Crippen molar-refractivity contribution in [2.45, 2.75) is 63.4 Å². The van der Waals surface area contributed by atoms with E-state index < -0.39 is 0 Å². The zero-order chi connectivity index (χ0) is 19.9. The van der Waals surface area contributed by atoms with E-state index in [2.05, 4.69) is 15.5 Å². The molecule has 9 heteroatoms. The molecule has 1 N–H and O–H groups in total. The van der Waals surface area contributed by atoms with E-state index >= 15 is 0 Å². The number of halogens is 2. The molecule has 1 fully saturated rings. The highest BCUT2D eigenvalue weighted by Gasteiger charge is 2.19. The molecule has 1 aromatic heterocycles. The molecule has 0 spiro atoms. The SMILES string of the molecule is CCn1c(CNc2cc(Cl)ccc2Cl)nnc1SCC(=O)OC1CCCCC1. The van der Waals surface area contributed by atoms with Crippen molar-refractivity contribution in [2.75, 3.05) is 11.1 Å². The molecule has 28 heavy (non-hydrogen) atoms. The quantitative estimate of drug-likeness (QED) is 0.448. The van der Waals surface area contributed by atoms with Gasteiger partial charge < -0.3 is 14.6 Å². The van der Waals surface area contributed by atoms with Gasteiger partial charge in [-0.15, -0.1) is 10.2 Å². The summed E-state index contributed by atoms with van der Waals surface area (Å²) >= 11 is 13.6. The van der Waals surface area contributed by atoms with E-state index in [-0.39, 0.29) is 17.8 Å². The number of carbonyl (C=O) groups excluding carboxylic acids is 1. The van der Waals surface area contributed by atoms with Crippen LogP contribution in [0.1, 0.15) is 44.9 Å². The molecule has 0 unspecified atom stereocenters. The zero-order valence-corrected chi connectivity index (χ0v) is 18.1. The Morgan fingerprint density at radius 2 is 2.07 bits per heavy atom. The predicted molar refractivity (Wildman–Crippen MR) is 113 cm³/mol. The fourth-order valence-corrected chi connectivity index (χ4v) is 4.37. The predicted octanol–water partition coefficient (Wildman–Crippen LogP) is 5.18. The van der Waals surface area contributed by atoms with Gasteiger partial charge in [0.15, 0.2) is 11.0 Å². The monoisotopic (exact) mass is 442 g/mol. The number of hydrogen-bond donors (Lipinski definition) is 1. The molecule has 1 aromatic carbocycles. The van der Waals surface area contributed by atoms with Gasteiger partial charge in [-0.2, -0.15) is 0 Å². The van der Waals surface area contributed by atoms with Crippen molar-refractivity contribution >= 4 is 46.6 Å².